The largest absolute Gasteiger partial charge is 0.357 e. The molecule has 0 aliphatic rings. The molecule has 0 amide bonds. The van der Waals surface area contributed by atoms with E-state index in [4.69, 9.17) is 11.6 Å². The topological polar surface area (TPSA) is 54.2 Å². The van der Waals surface area contributed by atoms with Gasteiger partial charge in [0.05, 0.1) is 12.7 Å². The Morgan fingerprint density at radius 1 is 1.21 bits per heavy atom. The maximum absolute atomic E-state index is 5.89. The molecule has 7 heteroatoms. The van der Waals surface area contributed by atoms with Crippen LogP contribution in [0.3, 0.4) is 0 Å². The lowest BCUT2D eigenvalue weighted by atomic mass is 10.2. The molecule has 0 radical (unpaired) electrons. The summed E-state index contributed by atoms with van der Waals surface area (Å²) >= 11 is 5.89. The minimum Gasteiger partial charge on any atom is -0.357 e. The summed E-state index contributed by atoms with van der Waals surface area (Å²) in [6, 6.07) is 7.77. The van der Waals surface area contributed by atoms with E-state index < -0.39 is 0 Å². The highest BCUT2D eigenvalue weighted by Crippen LogP contribution is 2.10. The van der Waals surface area contributed by atoms with Crippen molar-refractivity contribution in [3.63, 3.8) is 0 Å². The molecule has 1 aromatic heterocycles. The number of aryl methyl sites for hydroxylation is 2. The lowest BCUT2D eigenvalue weighted by Gasteiger charge is -2.11. The molecule has 1 heterocycles. The quantitative estimate of drug-likeness (QED) is 0.288. The van der Waals surface area contributed by atoms with Gasteiger partial charge in [-0.15, -0.1) is 24.0 Å². The first-order chi connectivity index (χ1) is 11.2. The zero-order chi connectivity index (χ0) is 16.5. The van der Waals surface area contributed by atoms with Gasteiger partial charge in [0.15, 0.2) is 5.96 Å². The van der Waals surface area contributed by atoms with Crippen molar-refractivity contribution in [2.24, 2.45) is 12.0 Å². The molecular weight excluding hydrogens is 437 g/mol. The number of halogens is 2. The molecule has 0 saturated heterocycles. The van der Waals surface area contributed by atoms with Gasteiger partial charge in [-0.25, -0.2) is 4.99 Å². The number of hydrogen-bond donors (Lipinski definition) is 2. The van der Waals surface area contributed by atoms with Crippen LogP contribution in [0.15, 0.2) is 41.7 Å². The van der Waals surface area contributed by atoms with Crippen LogP contribution in [0.4, 0.5) is 0 Å². The fourth-order valence-electron chi connectivity index (χ4n) is 2.20. The van der Waals surface area contributed by atoms with Crippen LogP contribution < -0.4 is 10.6 Å². The van der Waals surface area contributed by atoms with Gasteiger partial charge in [0.2, 0.25) is 0 Å². The first-order valence-corrected chi connectivity index (χ1v) is 8.29. The van der Waals surface area contributed by atoms with Gasteiger partial charge in [-0.3, -0.25) is 4.68 Å². The molecule has 2 N–H and O–H groups in total. The molecule has 0 saturated carbocycles. The molecule has 0 aliphatic carbocycles. The van der Waals surface area contributed by atoms with Crippen LogP contribution in [0.5, 0.6) is 0 Å². The summed E-state index contributed by atoms with van der Waals surface area (Å²) in [5.41, 5.74) is 2.40. The predicted molar refractivity (Wildman–Crippen MR) is 111 cm³/mol. The normalized spacial score (nSPS) is 11.0. The highest BCUT2D eigenvalue weighted by molar-refractivity contribution is 14.0. The van der Waals surface area contributed by atoms with Gasteiger partial charge in [0, 0.05) is 31.4 Å². The molecule has 0 unspecified atom stereocenters. The van der Waals surface area contributed by atoms with Gasteiger partial charge in [0.1, 0.15) is 0 Å². The summed E-state index contributed by atoms with van der Waals surface area (Å²) in [6.45, 7) is 4.42. The number of aliphatic imine (C=N–C) groups is 1. The zero-order valence-corrected chi connectivity index (χ0v) is 17.2. The number of hydrogen-bond acceptors (Lipinski definition) is 2. The summed E-state index contributed by atoms with van der Waals surface area (Å²) in [5, 5.41) is 11.6. The van der Waals surface area contributed by atoms with Crippen molar-refractivity contribution in [2.75, 3.05) is 13.1 Å². The number of rotatable bonds is 7. The Bertz CT molecular complexity index is 624. The van der Waals surface area contributed by atoms with Crippen LogP contribution in [-0.2, 0) is 20.0 Å². The first-order valence-electron chi connectivity index (χ1n) is 7.91. The van der Waals surface area contributed by atoms with E-state index in [1.165, 1.54) is 5.56 Å². The standard InChI is InChI=1S/C17H24ClN5.HI/c1-3-19-17(21-11-14-6-8-16(18)9-7-14)20-10-4-5-15-12-22-23(2)13-15;/h6-9,12-13H,3-5,10-11H2,1-2H3,(H2,19,20,21);1H. The second-order valence-electron chi connectivity index (χ2n) is 5.37. The molecule has 0 aliphatic heterocycles. The number of nitrogens with zero attached hydrogens (tertiary/aromatic N) is 3. The average Bonchev–Trinajstić information content (AvgIpc) is 2.96. The van der Waals surface area contributed by atoms with Crippen LogP contribution in [-0.4, -0.2) is 28.8 Å². The molecule has 0 atom stereocenters. The van der Waals surface area contributed by atoms with Gasteiger partial charge < -0.3 is 10.6 Å². The van der Waals surface area contributed by atoms with E-state index >= 15 is 0 Å². The van der Waals surface area contributed by atoms with Crippen LogP contribution in [0.2, 0.25) is 5.02 Å². The summed E-state index contributed by atoms with van der Waals surface area (Å²) in [5.74, 6) is 0.841. The Morgan fingerprint density at radius 2 is 1.96 bits per heavy atom. The van der Waals surface area contributed by atoms with Crippen LogP contribution >= 0.6 is 35.6 Å². The molecule has 0 spiro atoms. The highest BCUT2D eigenvalue weighted by Gasteiger charge is 1.99. The minimum atomic E-state index is 0. The maximum Gasteiger partial charge on any atom is 0.191 e. The predicted octanol–water partition coefficient (Wildman–Crippen LogP) is 3.38. The Morgan fingerprint density at radius 3 is 2.58 bits per heavy atom. The van der Waals surface area contributed by atoms with Crippen molar-refractivity contribution >= 4 is 41.5 Å². The third kappa shape index (κ3) is 7.53. The van der Waals surface area contributed by atoms with Crippen molar-refractivity contribution in [1.29, 1.82) is 0 Å². The zero-order valence-electron chi connectivity index (χ0n) is 14.1. The van der Waals surface area contributed by atoms with Gasteiger partial charge in [-0.1, -0.05) is 23.7 Å². The van der Waals surface area contributed by atoms with E-state index in [1.807, 2.05) is 42.2 Å². The first kappa shape index (κ1) is 20.8. The molecule has 5 nitrogen and oxygen atoms in total. The smallest absolute Gasteiger partial charge is 0.191 e. The van der Waals surface area contributed by atoms with E-state index in [2.05, 4.69) is 33.8 Å². The van der Waals surface area contributed by atoms with E-state index in [-0.39, 0.29) is 24.0 Å². The third-order valence-corrected chi connectivity index (χ3v) is 3.62. The fourth-order valence-corrected chi connectivity index (χ4v) is 2.33. The lowest BCUT2D eigenvalue weighted by molar-refractivity contribution is 0.740. The second kappa shape index (κ2) is 11.3. The van der Waals surface area contributed by atoms with Crippen LogP contribution in [0.1, 0.15) is 24.5 Å². The number of benzene rings is 1. The molecule has 0 fully saturated rings. The van der Waals surface area contributed by atoms with Crippen molar-refractivity contribution in [1.82, 2.24) is 20.4 Å². The second-order valence-corrected chi connectivity index (χ2v) is 5.81. The monoisotopic (exact) mass is 461 g/mol. The number of aromatic nitrogens is 2. The third-order valence-electron chi connectivity index (χ3n) is 3.37. The van der Waals surface area contributed by atoms with Crippen molar-refractivity contribution in [3.05, 3.63) is 52.8 Å². The Balaban J connectivity index is 0.00000288. The minimum absolute atomic E-state index is 0. The molecule has 24 heavy (non-hydrogen) atoms. The Hall–Kier alpha value is -1.28. The average molecular weight is 462 g/mol. The highest BCUT2D eigenvalue weighted by atomic mass is 127. The van der Waals surface area contributed by atoms with Crippen LogP contribution in [0, 0.1) is 0 Å². The Kier molecular flexibility index (Phi) is 9.78. The summed E-state index contributed by atoms with van der Waals surface area (Å²) in [4.78, 5) is 4.60. The summed E-state index contributed by atoms with van der Waals surface area (Å²) in [6.07, 6.45) is 6.02. The van der Waals surface area contributed by atoms with Gasteiger partial charge in [0.25, 0.3) is 0 Å². The fraction of sp³-hybridized carbons (Fsp3) is 0.412. The summed E-state index contributed by atoms with van der Waals surface area (Å²) in [7, 11) is 1.94. The SMILES string of the molecule is CCNC(=NCc1ccc(Cl)cc1)NCCCc1cnn(C)c1.I. The molecule has 132 valence electrons. The Labute approximate surface area is 165 Å². The lowest BCUT2D eigenvalue weighted by Crippen LogP contribution is -2.37. The molecule has 0 bridgehead atoms. The van der Waals surface area contributed by atoms with E-state index in [0.29, 0.717) is 6.54 Å². The number of guanidine groups is 1. The molecular formula is C17H25ClIN5. The van der Waals surface area contributed by atoms with Crippen molar-refractivity contribution < 1.29 is 0 Å². The summed E-state index contributed by atoms with van der Waals surface area (Å²) < 4.78 is 1.83. The van der Waals surface area contributed by atoms with E-state index in [1.54, 1.807) is 0 Å². The van der Waals surface area contributed by atoms with Gasteiger partial charge in [-0.2, -0.15) is 5.10 Å². The van der Waals surface area contributed by atoms with E-state index in [0.717, 1.165) is 42.5 Å². The van der Waals surface area contributed by atoms with Gasteiger partial charge >= 0.3 is 0 Å². The van der Waals surface area contributed by atoms with Crippen LogP contribution in [0.25, 0.3) is 0 Å². The van der Waals surface area contributed by atoms with E-state index in [9.17, 15) is 0 Å². The molecule has 2 aromatic rings. The number of nitrogens with one attached hydrogen (secondary N) is 2. The van der Waals surface area contributed by atoms with Gasteiger partial charge in [-0.05, 0) is 43.0 Å². The molecule has 2 rings (SSSR count). The van der Waals surface area contributed by atoms with Crippen molar-refractivity contribution in [3.8, 4) is 0 Å². The maximum atomic E-state index is 5.89. The van der Waals surface area contributed by atoms with Crippen molar-refractivity contribution in [2.45, 2.75) is 26.3 Å². The molecule has 1 aromatic carbocycles.